The van der Waals surface area contributed by atoms with E-state index >= 15 is 0 Å². The van der Waals surface area contributed by atoms with Crippen LogP contribution >= 0.6 is 0 Å². The molecular weight excluding hydrogens is 406 g/mol. The Kier molecular flexibility index (Phi) is 5.62. The van der Waals surface area contributed by atoms with Crippen LogP contribution in [0, 0.1) is 0 Å². The number of nitrogens with zero attached hydrogens (tertiary/aromatic N) is 4. The lowest BCUT2D eigenvalue weighted by atomic mass is 10.2. The number of para-hydroxylation sites is 1. The number of aromatic nitrogens is 3. The van der Waals surface area contributed by atoms with Gasteiger partial charge in [0.1, 0.15) is 11.2 Å². The number of benzene rings is 1. The molecule has 1 N–H and O–H groups in total. The predicted octanol–water partition coefficient (Wildman–Crippen LogP) is 1.35. The van der Waals surface area contributed by atoms with Crippen LogP contribution in [-0.4, -0.2) is 53.4 Å². The Morgan fingerprint density at radius 3 is 2.73 bits per heavy atom. The predicted molar refractivity (Wildman–Crippen MR) is 108 cm³/mol. The Hall–Kier alpha value is -3.08. The minimum atomic E-state index is -3.76. The first-order valence-corrected chi connectivity index (χ1v) is 10.8. The number of hydrogen-bond donors (Lipinski definition) is 1. The fourth-order valence-corrected chi connectivity index (χ4v) is 4.90. The van der Waals surface area contributed by atoms with E-state index in [2.05, 4.69) is 15.3 Å². The highest BCUT2D eigenvalue weighted by atomic mass is 32.2. The first kappa shape index (κ1) is 20.2. The molecule has 3 heterocycles. The van der Waals surface area contributed by atoms with E-state index in [1.165, 1.54) is 17.7 Å². The van der Waals surface area contributed by atoms with Crippen molar-refractivity contribution in [2.75, 3.05) is 20.3 Å². The van der Waals surface area contributed by atoms with Gasteiger partial charge in [-0.3, -0.25) is 14.3 Å². The average molecular weight is 427 g/mol. The number of hydrogen-bond acceptors (Lipinski definition) is 6. The van der Waals surface area contributed by atoms with Crippen molar-refractivity contribution in [1.82, 2.24) is 24.2 Å². The van der Waals surface area contributed by atoms with E-state index in [4.69, 9.17) is 4.74 Å². The molecule has 30 heavy (non-hydrogen) atoms. The SMILES string of the molecule is COCCN1Cc2c(C(=O)NCc3ccccn3)ncn2-c2ccccc2S1(=O)=O. The topological polar surface area (TPSA) is 106 Å². The van der Waals surface area contributed by atoms with E-state index in [1.54, 1.807) is 41.1 Å². The lowest BCUT2D eigenvalue weighted by Crippen LogP contribution is -2.33. The number of rotatable bonds is 6. The van der Waals surface area contributed by atoms with Gasteiger partial charge < -0.3 is 10.1 Å². The number of fused-ring (bicyclic) bond motifs is 3. The largest absolute Gasteiger partial charge is 0.383 e. The Balaban J connectivity index is 1.71. The molecule has 0 radical (unpaired) electrons. The summed E-state index contributed by atoms with van der Waals surface area (Å²) < 4.78 is 34.5. The normalized spacial score (nSPS) is 15.1. The second-order valence-electron chi connectivity index (χ2n) is 6.71. The number of pyridine rings is 1. The highest BCUT2D eigenvalue weighted by Crippen LogP contribution is 2.31. The van der Waals surface area contributed by atoms with Crippen LogP contribution in [0.5, 0.6) is 0 Å². The maximum atomic E-state index is 13.2. The molecule has 1 aromatic carbocycles. The van der Waals surface area contributed by atoms with Crippen molar-refractivity contribution in [3.05, 3.63) is 72.1 Å². The van der Waals surface area contributed by atoms with Crippen molar-refractivity contribution in [2.45, 2.75) is 18.0 Å². The fraction of sp³-hybridized carbons (Fsp3) is 0.250. The summed E-state index contributed by atoms with van der Waals surface area (Å²) in [5.41, 5.74) is 1.85. The van der Waals surface area contributed by atoms with Crippen LogP contribution in [-0.2, 0) is 27.8 Å². The number of ether oxygens (including phenoxy) is 1. The number of sulfonamides is 1. The maximum Gasteiger partial charge on any atom is 0.272 e. The highest BCUT2D eigenvalue weighted by molar-refractivity contribution is 7.89. The van der Waals surface area contributed by atoms with Gasteiger partial charge in [-0.2, -0.15) is 4.31 Å². The molecule has 1 amide bonds. The van der Waals surface area contributed by atoms with E-state index in [1.807, 2.05) is 12.1 Å². The van der Waals surface area contributed by atoms with Gasteiger partial charge in [0.05, 0.1) is 36.8 Å². The number of imidazole rings is 1. The summed E-state index contributed by atoms with van der Waals surface area (Å²) >= 11 is 0. The Bertz CT molecular complexity index is 1160. The summed E-state index contributed by atoms with van der Waals surface area (Å²) in [7, 11) is -2.25. The summed E-state index contributed by atoms with van der Waals surface area (Å²) in [5, 5.41) is 2.80. The molecule has 1 aliphatic heterocycles. The van der Waals surface area contributed by atoms with E-state index in [-0.39, 0.29) is 36.8 Å². The number of carbonyl (C=O) groups is 1. The van der Waals surface area contributed by atoms with Crippen LogP contribution in [0.1, 0.15) is 21.9 Å². The first-order valence-electron chi connectivity index (χ1n) is 9.35. The third kappa shape index (κ3) is 3.72. The first-order chi connectivity index (χ1) is 14.5. The van der Waals surface area contributed by atoms with Crippen molar-refractivity contribution in [2.24, 2.45) is 0 Å². The molecule has 0 atom stereocenters. The smallest absolute Gasteiger partial charge is 0.272 e. The van der Waals surface area contributed by atoms with Crippen LogP contribution in [0.2, 0.25) is 0 Å². The molecule has 156 valence electrons. The van der Waals surface area contributed by atoms with Crippen molar-refractivity contribution in [3.63, 3.8) is 0 Å². The van der Waals surface area contributed by atoms with Gasteiger partial charge >= 0.3 is 0 Å². The molecule has 0 saturated carbocycles. The zero-order valence-corrected chi connectivity index (χ0v) is 17.2. The Morgan fingerprint density at radius 1 is 1.17 bits per heavy atom. The van der Waals surface area contributed by atoms with Crippen molar-refractivity contribution < 1.29 is 17.9 Å². The molecule has 10 heteroatoms. The number of amides is 1. The summed E-state index contributed by atoms with van der Waals surface area (Å²) in [6, 6.07) is 12.1. The molecule has 9 nitrogen and oxygen atoms in total. The fourth-order valence-electron chi connectivity index (χ4n) is 3.34. The Morgan fingerprint density at radius 2 is 1.97 bits per heavy atom. The van der Waals surface area contributed by atoms with Gasteiger partial charge in [-0.1, -0.05) is 18.2 Å². The maximum absolute atomic E-state index is 13.2. The van der Waals surface area contributed by atoms with Gasteiger partial charge in [0.15, 0.2) is 5.69 Å². The average Bonchev–Trinajstić information content (AvgIpc) is 3.15. The van der Waals surface area contributed by atoms with E-state index < -0.39 is 15.9 Å². The second kappa shape index (κ2) is 8.34. The standard InChI is InChI=1S/C20H21N5O4S/c1-29-11-10-24-13-17-19(20(26)22-12-15-6-4-5-9-21-15)23-14-25(17)16-7-2-3-8-18(16)30(24,27)28/h2-9,14H,10-13H2,1H3,(H,22,26). The highest BCUT2D eigenvalue weighted by Gasteiger charge is 2.34. The molecule has 0 aliphatic carbocycles. The van der Waals surface area contributed by atoms with E-state index in [9.17, 15) is 13.2 Å². The van der Waals surface area contributed by atoms with E-state index in [0.29, 0.717) is 17.1 Å². The van der Waals surface area contributed by atoms with Crippen LogP contribution in [0.4, 0.5) is 0 Å². The van der Waals surface area contributed by atoms with Crippen LogP contribution in [0.3, 0.4) is 0 Å². The third-order valence-electron chi connectivity index (χ3n) is 4.85. The van der Waals surface area contributed by atoms with Gasteiger partial charge in [0, 0.05) is 19.9 Å². The minimum absolute atomic E-state index is 0.00666. The number of nitrogens with one attached hydrogen (secondary N) is 1. The third-order valence-corrected chi connectivity index (χ3v) is 6.74. The zero-order chi connectivity index (χ0) is 21.1. The molecule has 0 spiro atoms. The summed E-state index contributed by atoms with van der Waals surface area (Å²) in [5.74, 6) is -0.391. The van der Waals surface area contributed by atoms with Crippen molar-refractivity contribution >= 4 is 15.9 Å². The van der Waals surface area contributed by atoms with Crippen molar-refractivity contribution in [1.29, 1.82) is 0 Å². The van der Waals surface area contributed by atoms with E-state index in [0.717, 1.165) is 0 Å². The molecular formula is C20H21N5O4S. The molecule has 2 aromatic heterocycles. The Labute approximate surface area is 174 Å². The molecule has 0 bridgehead atoms. The molecule has 3 aromatic rings. The van der Waals surface area contributed by atoms with Gasteiger partial charge in [-0.15, -0.1) is 0 Å². The quantitative estimate of drug-likeness (QED) is 0.636. The summed E-state index contributed by atoms with van der Waals surface area (Å²) in [6.07, 6.45) is 3.14. The molecule has 1 aliphatic rings. The van der Waals surface area contributed by atoms with Crippen LogP contribution < -0.4 is 5.32 Å². The van der Waals surface area contributed by atoms with Crippen molar-refractivity contribution in [3.8, 4) is 5.69 Å². The monoisotopic (exact) mass is 427 g/mol. The van der Waals surface area contributed by atoms with Gasteiger partial charge in [0.2, 0.25) is 10.0 Å². The summed E-state index contributed by atoms with van der Waals surface area (Å²) in [4.78, 5) is 21.5. The summed E-state index contributed by atoms with van der Waals surface area (Å²) in [6.45, 7) is 0.644. The minimum Gasteiger partial charge on any atom is -0.383 e. The van der Waals surface area contributed by atoms with Crippen LogP contribution in [0.15, 0.2) is 59.9 Å². The lowest BCUT2D eigenvalue weighted by molar-refractivity contribution is 0.0944. The number of methoxy groups -OCH3 is 1. The molecule has 0 saturated heterocycles. The zero-order valence-electron chi connectivity index (χ0n) is 16.4. The van der Waals surface area contributed by atoms with Gasteiger partial charge in [-0.25, -0.2) is 13.4 Å². The molecule has 4 rings (SSSR count). The molecule has 0 fully saturated rings. The molecule has 0 unspecified atom stereocenters. The number of carbonyl (C=O) groups excluding carboxylic acids is 1. The van der Waals surface area contributed by atoms with Crippen LogP contribution in [0.25, 0.3) is 5.69 Å². The second-order valence-corrected chi connectivity index (χ2v) is 8.62. The van der Waals surface area contributed by atoms with Gasteiger partial charge in [0.25, 0.3) is 5.91 Å². The van der Waals surface area contributed by atoms with Gasteiger partial charge in [-0.05, 0) is 24.3 Å². The lowest BCUT2D eigenvalue weighted by Gasteiger charge is -2.19.